The SMILES string of the molecule is Cc1cccc(C(C(=O)N2CCC2)C(C)(C)C(=O)O)c1. The van der Waals surface area contributed by atoms with Gasteiger partial charge in [-0.15, -0.1) is 0 Å². The summed E-state index contributed by atoms with van der Waals surface area (Å²) >= 11 is 0. The Morgan fingerprint density at radius 3 is 2.40 bits per heavy atom. The van der Waals surface area contributed by atoms with E-state index >= 15 is 0 Å². The van der Waals surface area contributed by atoms with Crippen LogP contribution in [0.25, 0.3) is 0 Å². The minimum atomic E-state index is -1.12. The van der Waals surface area contributed by atoms with Gasteiger partial charge in [0.05, 0.1) is 11.3 Å². The Balaban J connectivity index is 2.43. The number of hydrogen-bond acceptors (Lipinski definition) is 2. The molecule has 0 aromatic heterocycles. The van der Waals surface area contributed by atoms with Crippen LogP contribution in [0.2, 0.25) is 0 Å². The number of hydrogen-bond donors (Lipinski definition) is 1. The zero-order valence-electron chi connectivity index (χ0n) is 12.2. The number of rotatable bonds is 4. The molecule has 1 amide bonds. The van der Waals surface area contributed by atoms with Crippen molar-refractivity contribution in [1.29, 1.82) is 0 Å². The predicted octanol–water partition coefficient (Wildman–Crippen LogP) is 2.42. The monoisotopic (exact) mass is 275 g/mol. The summed E-state index contributed by atoms with van der Waals surface area (Å²) in [4.78, 5) is 26.0. The van der Waals surface area contributed by atoms with Crippen molar-refractivity contribution in [3.63, 3.8) is 0 Å². The van der Waals surface area contributed by atoms with Crippen molar-refractivity contribution in [1.82, 2.24) is 4.90 Å². The highest BCUT2D eigenvalue weighted by molar-refractivity contribution is 5.91. The molecule has 1 unspecified atom stereocenters. The maximum Gasteiger partial charge on any atom is 0.310 e. The zero-order chi connectivity index (χ0) is 14.9. The van der Waals surface area contributed by atoms with Crippen LogP contribution in [-0.4, -0.2) is 35.0 Å². The van der Waals surface area contributed by atoms with Gasteiger partial charge in [0.2, 0.25) is 5.91 Å². The molecule has 0 aliphatic carbocycles. The normalized spacial score (nSPS) is 16.4. The van der Waals surface area contributed by atoms with Gasteiger partial charge in [-0.1, -0.05) is 29.8 Å². The van der Waals surface area contributed by atoms with E-state index in [0.717, 1.165) is 30.6 Å². The van der Waals surface area contributed by atoms with Crippen molar-refractivity contribution in [2.45, 2.75) is 33.1 Å². The Morgan fingerprint density at radius 1 is 1.30 bits per heavy atom. The molecule has 0 saturated carbocycles. The summed E-state index contributed by atoms with van der Waals surface area (Å²) in [7, 11) is 0. The third kappa shape index (κ3) is 2.55. The predicted molar refractivity (Wildman–Crippen MR) is 76.5 cm³/mol. The van der Waals surface area contributed by atoms with Gasteiger partial charge in [0.15, 0.2) is 0 Å². The van der Waals surface area contributed by atoms with Crippen molar-refractivity contribution in [3.05, 3.63) is 35.4 Å². The van der Waals surface area contributed by atoms with E-state index < -0.39 is 17.3 Å². The zero-order valence-corrected chi connectivity index (χ0v) is 12.2. The van der Waals surface area contributed by atoms with Crippen LogP contribution in [0.5, 0.6) is 0 Å². The first-order valence-electron chi connectivity index (χ1n) is 6.93. The smallest absolute Gasteiger partial charge is 0.310 e. The van der Waals surface area contributed by atoms with E-state index in [0.29, 0.717) is 0 Å². The molecule has 108 valence electrons. The van der Waals surface area contributed by atoms with E-state index in [2.05, 4.69) is 0 Å². The van der Waals surface area contributed by atoms with Gasteiger partial charge in [-0.25, -0.2) is 0 Å². The Bertz CT molecular complexity index is 532. The number of carbonyl (C=O) groups is 2. The first kappa shape index (κ1) is 14.6. The minimum absolute atomic E-state index is 0.0748. The lowest BCUT2D eigenvalue weighted by Crippen LogP contribution is -2.49. The van der Waals surface area contributed by atoms with Crippen molar-refractivity contribution in [2.24, 2.45) is 5.41 Å². The molecule has 4 heteroatoms. The van der Waals surface area contributed by atoms with Crippen molar-refractivity contribution in [3.8, 4) is 0 Å². The van der Waals surface area contributed by atoms with Gasteiger partial charge in [-0.2, -0.15) is 0 Å². The lowest BCUT2D eigenvalue weighted by Gasteiger charge is -2.38. The van der Waals surface area contributed by atoms with Gasteiger partial charge in [0, 0.05) is 13.1 Å². The number of aliphatic carboxylic acids is 1. The number of carboxylic acid groups (broad SMARTS) is 1. The number of carbonyl (C=O) groups excluding carboxylic acids is 1. The summed E-state index contributed by atoms with van der Waals surface area (Å²) in [5.74, 6) is -1.66. The van der Waals surface area contributed by atoms with Gasteiger partial charge >= 0.3 is 5.97 Å². The van der Waals surface area contributed by atoms with Crippen LogP contribution in [-0.2, 0) is 9.59 Å². The van der Waals surface area contributed by atoms with Crippen LogP contribution in [0.4, 0.5) is 0 Å². The minimum Gasteiger partial charge on any atom is -0.481 e. The molecule has 1 aliphatic heterocycles. The summed E-state index contributed by atoms with van der Waals surface area (Å²) in [6.45, 7) is 6.66. The van der Waals surface area contributed by atoms with E-state index in [-0.39, 0.29) is 5.91 Å². The fourth-order valence-electron chi connectivity index (χ4n) is 2.56. The van der Waals surface area contributed by atoms with Gasteiger partial charge in [-0.05, 0) is 32.8 Å². The molecule has 1 aromatic carbocycles. The average molecular weight is 275 g/mol. The van der Waals surface area contributed by atoms with Crippen LogP contribution in [0, 0.1) is 12.3 Å². The van der Waals surface area contributed by atoms with Gasteiger partial charge in [0.1, 0.15) is 0 Å². The van der Waals surface area contributed by atoms with Crippen LogP contribution >= 0.6 is 0 Å². The molecule has 0 bridgehead atoms. The second-order valence-corrected chi connectivity index (χ2v) is 6.05. The van der Waals surface area contributed by atoms with Crippen LogP contribution < -0.4 is 0 Å². The molecule has 0 radical (unpaired) electrons. The lowest BCUT2D eigenvalue weighted by atomic mass is 9.73. The number of nitrogens with zero attached hydrogens (tertiary/aromatic N) is 1. The summed E-state index contributed by atoms with van der Waals surface area (Å²) in [6.07, 6.45) is 1.000. The Kier molecular flexibility index (Phi) is 3.84. The molecule has 1 aromatic rings. The number of amides is 1. The van der Waals surface area contributed by atoms with Crippen molar-refractivity contribution in [2.75, 3.05) is 13.1 Å². The van der Waals surface area contributed by atoms with Crippen molar-refractivity contribution < 1.29 is 14.7 Å². The number of benzene rings is 1. The third-order valence-electron chi connectivity index (χ3n) is 4.06. The molecular formula is C16H21NO3. The molecule has 4 nitrogen and oxygen atoms in total. The molecule has 1 N–H and O–H groups in total. The summed E-state index contributed by atoms with van der Waals surface area (Å²) in [5.41, 5.74) is 0.694. The van der Waals surface area contributed by atoms with E-state index in [4.69, 9.17) is 0 Å². The average Bonchev–Trinajstić information content (AvgIpc) is 2.26. The maximum absolute atomic E-state index is 12.7. The molecule has 1 aliphatic rings. The molecule has 1 fully saturated rings. The quantitative estimate of drug-likeness (QED) is 0.918. The number of aryl methyl sites for hydroxylation is 1. The first-order chi connectivity index (χ1) is 9.34. The van der Waals surface area contributed by atoms with E-state index in [9.17, 15) is 14.7 Å². The van der Waals surface area contributed by atoms with E-state index in [1.54, 1.807) is 18.7 Å². The second kappa shape index (κ2) is 5.27. The molecule has 1 saturated heterocycles. The van der Waals surface area contributed by atoms with E-state index in [1.807, 2.05) is 31.2 Å². The van der Waals surface area contributed by atoms with Gasteiger partial charge in [-0.3, -0.25) is 9.59 Å². The topological polar surface area (TPSA) is 57.6 Å². The molecule has 20 heavy (non-hydrogen) atoms. The highest BCUT2D eigenvalue weighted by Crippen LogP contribution is 2.38. The highest BCUT2D eigenvalue weighted by Gasteiger charge is 2.44. The lowest BCUT2D eigenvalue weighted by molar-refractivity contribution is -0.154. The van der Waals surface area contributed by atoms with Gasteiger partial charge in [0.25, 0.3) is 0 Å². The fourth-order valence-corrected chi connectivity index (χ4v) is 2.56. The standard InChI is InChI=1S/C16H21NO3/c1-11-6-4-7-12(10-11)13(16(2,3)15(19)20)14(18)17-8-5-9-17/h4,6-7,10,13H,5,8-9H2,1-3H3,(H,19,20). The molecule has 1 atom stereocenters. The number of likely N-dealkylation sites (tertiary alicyclic amines) is 1. The van der Waals surface area contributed by atoms with Crippen LogP contribution in [0.3, 0.4) is 0 Å². The largest absolute Gasteiger partial charge is 0.481 e. The molecule has 2 rings (SSSR count). The van der Waals surface area contributed by atoms with Gasteiger partial charge < -0.3 is 10.0 Å². The van der Waals surface area contributed by atoms with Crippen LogP contribution in [0.15, 0.2) is 24.3 Å². The maximum atomic E-state index is 12.7. The third-order valence-corrected chi connectivity index (χ3v) is 4.06. The Morgan fingerprint density at radius 2 is 1.95 bits per heavy atom. The summed E-state index contributed by atoms with van der Waals surface area (Å²) in [5, 5.41) is 9.49. The van der Waals surface area contributed by atoms with Crippen molar-refractivity contribution >= 4 is 11.9 Å². The second-order valence-electron chi connectivity index (χ2n) is 6.05. The Hall–Kier alpha value is -1.84. The van der Waals surface area contributed by atoms with E-state index in [1.165, 1.54) is 0 Å². The van der Waals surface area contributed by atoms with Crippen LogP contribution in [0.1, 0.15) is 37.3 Å². The highest BCUT2D eigenvalue weighted by atomic mass is 16.4. The number of carboxylic acids is 1. The fraction of sp³-hybridized carbons (Fsp3) is 0.500. The Labute approximate surface area is 119 Å². The molecular weight excluding hydrogens is 254 g/mol. The summed E-state index contributed by atoms with van der Waals surface area (Å²) < 4.78 is 0. The molecule has 0 spiro atoms. The molecule has 1 heterocycles. The first-order valence-corrected chi connectivity index (χ1v) is 6.93. The summed E-state index contributed by atoms with van der Waals surface area (Å²) in [6, 6.07) is 7.58.